The number of halogens is 1. The third-order valence-electron chi connectivity index (χ3n) is 2.08. The maximum absolute atomic E-state index is 10.9. The van der Waals surface area contributed by atoms with Crippen LogP contribution in [0.4, 0.5) is 0 Å². The van der Waals surface area contributed by atoms with Gasteiger partial charge in [-0.25, -0.2) is 0 Å². The molecule has 0 aliphatic carbocycles. The second-order valence-electron chi connectivity index (χ2n) is 3.18. The Hall–Kier alpha value is -1.54. The Morgan fingerprint density at radius 2 is 1.80 bits per heavy atom. The predicted molar refractivity (Wildman–Crippen MR) is 60.3 cm³/mol. The molecule has 15 heavy (non-hydrogen) atoms. The highest BCUT2D eigenvalue weighted by molar-refractivity contribution is 6.35. The second kappa shape index (κ2) is 3.91. The summed E-state index contributed by atoms with van der Waals surface area (Å²) in [5.41, 5.74) is 0. The molecule has 0 atom stereocenters. The zero-order valence-electron chi connectivity index (χ0n) is 8.16. The zero-order chi connectivity index (χ0) is 10.8. The summed E-state index contributed by atoms with van der Waals surface area (Å²) < 4.78 is 5.08. The number of fused-ring (bicyclic) bond motifs is 1. The lowest BCUT2D eigenvalue weighted by molar-refractivity contribution is -0.131. The first-order valence-corrected chi connectivity index (χ1v) is 4.92. The smallest absolute Gasteiger partial charge is 0.308 e. The van der Waals surface area contributed by atoms with Crippen LogP contribution in [-0.2, 0) is 4.79 Å². The maximum atomic E-state index is 10.9. The van der Waals surface area contributed by atoms with Gasteiger partial charge in [-0.05, 0) is 12.1 Å². The van der Waals surface area contributed by atoms with E-state index in [0.29, 0.717) is 10.8 Å². The van der Waals surface area contributed by atoms with Crippen molar-refractivity contribution in [3.05, 3.63) is 41.4 Å². The number of hydrogen-bond donors (Lipinski definition) is 0. The Kier molecular flexibility index (Phi) is 2.60. The van der Waals surface area contributed by atoms with E-state index in [-0.39, 0.29) is 5.97 Å². The van der Waals surface area contributed by atoms with Crippen molar-refractivity contribution in [2.24, 2.45) is 0 Å². The highest BCUT2D eigenvalue weighted by atomic mass is 35.5. The van der Waals surface area contributed by atoms with Gasteiger partial charge < -0.3 is 4.74 Å². The van der Waals surface area contributed by atoms with Crippen LogP contribution in [0.5, 0.6) is 5.75 Å². The van der Waals surface area contributed by atoms with Crippen molar-refractivity contribution in [2.75, 3.05) is 0 Å². The first kappa shape index (κ1) is 9.99. The van der Waals surface area contributed by atoms with Gasteiger partial charge in [-0.3, -0.25) is 4.79 Å². The minimum absolute atomic E-state index is 0.331. The number of hydrogen-bond acceptors (Lipinski definition) is 2. The average Bonchev–Trinajstić information content (AvgIpc) is 2.22. The van der Waals surface area contributed by atoms with E-state index >= 15 is 0 Å². The number of carbonyl (C=O) groups excluding carboxylic acids is 1. The largest absolute Gasteiger partial charge is 0.426 e. The van der Waals surface area contributed by atoms with Crippen LogP contribution in [-0.4, -0.2) is 5.97 Å². The van der Waals surface area contributed by atoms with Gasteiger partial charge in [0.05, 0.1) is 0 Å². The topological polar surface area (TPSA) is 26.3 Å². The number of rotatable bonds is 1. The Bertz CT molecular complexity index is 520. The molecule has 2 rings (SSSR count). The molecule has 0 aliphatic heterocycles. The molecule has 0 N–H and O–H groups in total. The summed E-state index contributed by atoms with van der Waals surface area (Å²) in [6, 6.07) is 11.0. The van der Waals surface area contributed by atoms with Crippen molar-refractivity contribution in [3.8, 4) is 5.75 Å². The van der Waals surface area contributed by atoms with Gasteiger partial charge in [-0.1, -0.05) is 35.9 Å². The maximum Gasteiger partial charge on any atom is 0.308 e. The molecule has 0 aromatic heterocycles. The van der Waals surface area contributed by atoms with Gasteiger partial charge in [-0.2, -0.15) is 0 Å². The van der Waals surface area contributed by atoms with E-state index in [1.807, 2.05) is 24.3 Å². The number of benzene rings is 2. The van der Waals surface area contributed by atoms with Gasteiger partial charge in [0.25, 0.3) is 0 Å². The number of esters is 1. The summed E-state index contributed by atoms with van der Waals surface area (Å²) in [7, 11) is 0. The van der Waals surface area contributed by atoms with E-state index in [4.69, 9.17) is 16.3 Å². The normalized spacial score (nSPS) is 10.3. The molecule has 3 heteroatoms. The van der Waals surface area contributed by atoms with E-state index in [2.05, 4.69) is 0 Å². The highest BCUT2D eigenvalue weighted by Crippen LogP contribution is 2.31. The van der Waals surface area contributed by atoms with E-state index in [1.54, 1.807) is 12.1 Å². The summed E-state index contributed by atoms with van der Waals surface area (Å²) in [4.78, 5) is 10.9. The minimum Gasteiger partial charge on any atom is -0.426 e. The molecule has 0 unspecified atom stereocenters. The van der Waals surface area contributed by atoms with E-state index in [1.165, 1.54) is 6.92 Å². The summed E-state index contributed by atoms with van der Waals surface area (Å²) in [5, 5.41) is 2.39. The third-order valence-corrected chi connectivity index (χ3v) is 2.41. The van der Waals surface area contributed by atoms with Crippen molar-refractivity contribution in [3.63, 3.8) is 0 Å². The van der Waals surface area contributed by atoms with Crippen molar-refractivity contribution < 1.29 is 9.53 Å². The van der Waals surface area contributed by atoms with Gasteiger partial charge in [0.2, 0.25) is 0 Å². The standard InChI is InChI=1S/C12H9ClO2/c1-8(14)15-12-7-6-11(13)9-4-2-3-5-10(9)12/h2-7H,1H3. The molecule has 0 heterocycles. The van der Waals surface area contributed by atoms with Gasteiger partial charge >= 0.3 is 5.97 Å². The van der Waals surface area contributed by atoms with E-state index in [9.17, 15) is 4.79 Å². The van der Waals surface area contributed by atoms with Gasteiger partial charge in [0.15, 0.2) is 0 Å². The van der Waals surface area contributed by atoms with Crippen LogP contribution in [0.1, 0.15) is 6.92 Å². The summed E-state index contributed by atoms with van der Waals surface area (Å²) in [6.45, 7) is 1.38. The van der Waals surface area contributed by atoms with Crippen LogP contribution in [0.25, 0.3) is 10.8 Å². The minimum atomic E-state index is -0.331. The van der Waals surface area contributed by atoms with Crippen molar-refractivity contribution in [1.82, 2.24) is 0 Å². The molecule has 0 bridgehead atoms. The van der Waals surface area contributed by atoms with Crippen LogP contribution in [0, 0.1) is 0 Å². The van der Waals surface area contributed by atoms with Crippen molar-refractivity contribution in [1.29, 1.82) is 0 Å². The molecule has 76 valence electrons. The van der Waals surface area contributed by atoms with Crippen LogP contribution in [0.2, 0.25) is 5.02 Å². The Labute approximate surface area is 92.4 Å². The Morgan fingerprint density at radius 3 is 2.47 bits per heavy atom. The molecule has 0 aliphatic rings. The molecule has 2 aromatic rings. The fourth-order valence-electron chi connectivity index (χ4n) is 1.48. The summed E-state index contributed by atoms with van der Waals surface area (Å²) >= 11 is 6.03. The second-order valence-corrected chi connectivity index (χ2v) is 3.59. The predicted octanol–water partition coefficient (Wildman–Crippen LogP) is 3.42. The lowest BCUT2D eigenvalue weighted by Gasteiger charge is -2.06. The van der Waals surface area contributed by atoms with Crippen molar-refractivity contribution >= 4 is 28.3 Å². The van der Waals surface area contributed by atoms with Gasteiger partial charge in [0, 0.05) is 22.7 Å². The monoisotopic (exact) mass is 220 g/mol. The summed E-state index contributed by atoms with van der Waals surface area (Å²) in [6.07, 6.45) is 0. The van der Waals surface area contributed by atoms with Gasteiger partial charge in [-0.15, -0.1) is 0 Å². The Morgan fingerprint density at radius 1 is 1.13 bits per heavy atom. The fraction of sp³-hybridized carbons (Fsp3) is 0.0833. The number of carbonyl (C=O) groups is 1. The molecular weight excluding hydrogens is 212 g/mol. The van der Waals surface area contributed by atoms with Crippen LogP contribution in [0.3, 0.4) is 0 Å². The van der Waals surface area contributed by atoms with Crippen LogP contribution >= 0.6 is 11.6 Å². The fourth-order valence-corrected chi connectivity index (χ4v) is 1.71. The molecule has 0 saturated heterocycles. The molecule has 2 nitrogen and oxygen atoms in total. The van der Waals surface area contributed by atoms with E-state index in [0.717, 1.165) is 10.8 Å². The highest BCUT2D eigenvalue weighted by Gasteiger charge is 2.06. The lowest BCUT2D eigenvalue weighted by atomic mass is 10.1. The average molecular weight is 221 g/mol. The zero-order valence-corrected chi connectivity index (χ0v) is 8.91. The SMILES string of the molecule is CC(=O)Oc1ccc(Cl)c2ccccc12. The summed E-state index contributed by atoms with van der Waals surface area (Å²) in [5.74, 6) is 0.213. The third kappa shape index (κ3) is 1.95. The molecule has 0 spiro atoms. The first-order chi connectivity index (χ1) is 7.18. The quantitative estimate of drug-likeness (QED) is 0.544. The van der Waals surface area contributed by atoms with Gasteiger partial charge in [0.1, 0.15) is 5.75 Å². The first-order valence-electron chi connectivity index (χ1n) is 4.54. The molecule has 0 radical (unpaired) electrons. The van der Waals surface area contributed by atoms with Crippen molar-refractivity contribution in [2.45, 2.75) is 6.92 Å². The van der Waals surface area contributed by atoms with Crippen LogP contribution in [0.15, 0.2) is 36.4 Å². The Balaban J connectivity index is 2.66. The molecule has 2 aromatic carbocycles. The molecule has 0 amide bonds. The molecule has 0 saturated carbocycles. The molecule has 0 fully saturated rings. The molecular formula is C12H9ClO2. The van der Waals surface area contributed by atoms with Crippen LogP contribution < -0.4 is 4.74 Å². The van der Waals surface area contributed by atoms with E-state index < -0.39 is 0 Å². The lowest BCUT2D eigenvalue weighted by Crippen LogP contribution is -2.01. The number of ether oxygens (including phenoxy) is 1.